The monoisotopic (exact) mass is 351 g/mol. The SMILES string of the molecule is CC1CC(C(=O)O)CN(S(=O)(=O)c2ccc3oc(=O)ccc3c2)C1. The van der Waals surface area contributed by atoms with E-state index in [0.29, 0.717) is 17.4 Å². The Morgan fingerprint density at radius 3 is 2.71 bits per heavy atom. The number of rotatable bonds is 3. The molecule has 1 aliphatic rings. The van der Waals surface area contributed by atoms with Gasteiger partial charge in [0.2, 0.25) is 10.0 Å². The summed E-state index contributed by atoms with van der Waals surface area (Å²) in [5.41, 5.74) is -0.205. The Bertz CT molecular complexity index is 948. The van der Waals surface area contributed by atoms with Gasteiger partial charge < -0.3 is 9.52 Å². The number of hydrogen-bond acceptors (Lipinski definition) is 5. The average Bonchev–Trinajstić information content (AvgIpc) is 2.53. The normalized spacial score (nSPS) is 22.5. The molecule has 0 saturated carbocycles. The molecular formula is C16H17NO6S. The van der Waals surface area contributed by atoms with Gasteiger partial charge >= 0.3 is 11.6 Å². The Morgan fingerprint density at radius 2 is 2.00 bits per heavy atom. The number of piperidine rings is 1. The van der Waals surface area contributed by atoms with E-state index in [1.54, 1.807) is 0 Å². The Balaban J connectivity index is 1.99. The summed E-state index contributed by atoms with van der Waals surface area (Å²) in [5.74, 6) is -1.72. The van der Waals surface area contributed by atoms with Crippen LogP contribution in [0.2, 0.25) is 0 Å². The molecule has 8 heteroatoms. The lowest BCUT2D eigenvalue weighted by molar-refractivity contribution is -0.143. The number of carbonyl (C=O) groups is 1. The molecule has 0 spiro atoms. The van der Waals surface area contributed by atoms with Gasteiger partial charge in [0.1, 0.15) is 5.58 Å². The van der Waals surface area contributed by atoms with Crippen molar-refractivity contribution < 1.29 is 22.7 Å². The van der Waals surface area contributed by atoms with Crippen LogP contribution in [0.15, 0.2) is 44.4 Å². The highest BCUT2D eigenvalue weighted by Crippen LogP contribution is 2.28. The second kappa shape index (κ2) is 6.03. The zero-order chi connectivity index (χ0) is 17.5. The van der Waals surface area contributed by atoms with Crippen molar-refractivity contribution in [3.05, 3.63) is 40.8 Å². The molecule has 2 heterocycles. The number of benzene rings is 1. The minimum absolute atomic E-state index is 0.0342. The molecule has 7 nitrogen and oxygen atoms in total. The summed E-state index contributed by atoms with van der Waals surface area (Å²) in [6.07, 6.45) is 0.463. The van der Waals surface area contributed by atoms with E-state index >= 15 is 0 Å². The van der Waals surface area contributed by atoms with Crippen LogP contribution in [0.5, 0.6) is 0 Å². The first kappa shape index (κ1) is 16.7. The molecule has 1 aromatic heterocycles. The largest absolute Gasteiger partial charge is 0.481 e. The van der Waals surface area contributed by atoms with Gasteiger partial charge in [-0.3, -0.25) is 4.79 Å². The number of sulfonamides is 1. The molecule has 1 N–H and O–H groups in total. The second-order valence-corrected chi connectivity index (χ2v) is 8.09. The smallest absolute Gasteiger partial charge is 0.336 e. The average molecular weight is 351 g/mol. The van der Waals surface area contributed by atoms with E-state index in [9.17, 15) is 23.1 Å². The van der Waals surface area contributed by atoms with Crippen molar-refractivity contribution in [1.82, 2.24) is 4.31 Å². The summed E-state index contributed by atoms with van der Waals surface area (Å²) in [6.45, 7) is 2.09. The lowest BCUT2D eigenvalue weighted by atomic mass is 9.92. The van der Waals surface area contributed by atoms with E-state index < -0.39 is 27.5 Å². The summed E-state index contributed by atoms with van der Waals surface area (Å²) in [7, 11) is -3.81. The first-order chi connectivity index (χ1) is 11.3. The number of fused-ring (bicyclic) bond motifs is 1. The van der Waals surface area contributed by atoms with Crippen molar-refractivity contribution in [1.29, 1.82) is 0 Å². The predicted octanol–water partition coefficient (Wildman–Crippen LogP) is 1.52. The fourth-order valence-electron chi connectivity index (χ4n) is 3.04. The second-order valence-electron chi connectivity index (χ2n) is 6.15. The molecule has 0 aliphatic carbocycles. The third-order valence-corrected chi connectivity index (χ3v) is 6.03. The molecule has 1 saturated heterocycles. The van der Waals surface area contributed by atoms with Crippen molar-refractivity contribution >= 4 is 27.0 Å². The van der Waals surface area contributed by atoms with Gasteiger partial charge in [0, 0.05) is 24.5 Å². The number of hydrogen-bond donors (Lipinski definition) is 1. The van der Waals surface area contributed by atoms with Gasteiger partial charge in [-0.25, -0.2) is 13.2 Å². The topological polar surface area (TPSA) is 105 Å². The van der Waals surface area contributed by atoms with E-state index in [0.717, 1.165) is 0 Å². The van der Waals surface area contributed by atoms with E-state index in [1.807, 2.05) is 6.92 Å². The molecule has 1 aliphatic heterocycles. The van der Waals surface area contributed by atoms with Gasteiger partial charge in [-0.15, -0.1) is 0 Å². The maximum atomic E-state index is 12.9. The van der Waals surface area contributed by atoms with Crippen molar-refractivity contribution in [3.63, 3.8) is 0 Å². The van der Waals surface area contributed by atoms with Crippen molar-refractivity contribution in [2.75, 3.05) is 13.1 Å². The molecule has 1 aromatic carbocycles. The summed E-state index contributed by atoms with van der Waals surface area (Å²) < 4.78 is 31.9. The first-order valence-electron chi connectivity index (χ1n) is 7.54. The first-order valence-corrected chi connectivity index (χ1v) is 8.98. The van der Waals surface area contributed by atoms with E-state index in [2.05, 4.69) is 0 Å². The van der Waals surface area contributed by atoms with Crippen molar-refractivity contribution in [2.24, 2.45) is 11.8 Å². The van der Waals surface area contributed by atoms with E-state index in [4.69, 9.17) is 4.42 Å². The maximum absolute atomic E-state index is 12.9. The Labute approximate surface area is 138 Å². The fourth-order valence-corrected chi connectivity index (χ4v) is 4.68. The Kier molecular flexibility index (Phi) is 4.18. The molecular weight excluding hydrogens is 334 g/mol. The van der Waals surface area contributed by atoms with Crippen LogP contribution in [0.3, 0.4) is 0 Å². The summed E-state index contributed by atoms with van der Waals surface area (Å²) in [6, 6.07) is 6.96. The molecule has 0 amide bonds. The molecule has 2 atom stereocenters. The molecule has 2 aromatic rings. The van der Waals surface area contributed by atoms with Gasteiger partial charge in [-0.05, 0) is 36.6 Å². The third kappa shape index (κ3) is 3.07. The molecule has 2 unspecified atom stereocenters. The van der Waals surface area contributed by atoms with Crippen LogP contribution in [0, 0.1) is 11.8 Å². The van der Waals surface area contributed by atoms with Crippen molar-refractivity contribution in [3.8, 4) is 0 Å². The molecule has 24 heavy (non-hydrogen) atoms. The highest BCUT2D eigenvalue weighted by atomic mass is 32.2. The van der Waals surface area contributed by atoms with Crippen LogP contribution in [0.1, 0.15) is 13.3 Å². The zero-order valence-electron chi connectivity index (χ0n) is 13.0. The lowest BCUT2D eigenvalue weighted by Crippen LogP contribution is -2.45. The summed E-state index contributed by atoms with van der Waals surface area (Å²) in [4.78, 5) is 22.5. The third-order valence-electron chi connectivity index (χ3n) is 4.20. The van der Waals surface area contributed by atoms with Crippen LogP contribution < -0.4 is 5.63 Å². The van der Waals surface area contributed by atoms with Crippen LogP contribution in [0.4, 0.5) is 0 Å². The Hall–Kier alpha value is -2.19. The number of aliphatic carboxylic acids is 1. The summed E-state index contributed by atoms with van der Waals surface area (Å²) >= 11 is 0. The number of carboxylic acids is 1. The van der Waals surface area contributed by atoms with Crippen LogP contribution in [-0.4, -0.2) is 36.9 Å². The predicted molar refractivity (Wildman–Crippen MR) is 86.1 cm³/mol. The van der Waals surface area contributed by atoms with Gasteiger partial charge in [-0.1, -0.05) is 6.92 Å². The van der Waals surface area contributed by atoms with Gasteiger partial charge in [0.25, 0.3) is 0 Å². The van der Waals surface area contributed by atoms with Gasteiger partial charge in [0.15, 0.2) is 0 Å². The lowest BCUT2D eigenvalue weighted by Gasteiger charge is -2.33. The van der Waals surface area contributed by atoms with E-state index in [-0.39, 0.29) is 23.9 Å². The quantitative estimate of drug-likeness (QED) is 0.841. The minimum atomic E-state index is -3.81. The van der Waals surface area contributed by atoms with E-state index in [1.165, 1.54) is 34.6 Å². The number of carboxylic acid groups (broad SMARTS) is 1. The Morgan fingerprint density at radius 1 is 1.25 bits per heavy atom. The highest BCUT2D eigenvalue weighted by molar-refractivity contribution is 7.89. The minimum Gasteiger partial charge on any atom is -0.481 e. The molecule has 1 fully saturated rings. The number of nitrogens with zero attached hydrogens (tertiary/aromatic N) is 1. The van der Waals surface area contributed by atoms with Crippen LogP contribution in [-0.2, 0) is 14.8 Å². The molecule has 0 bridgehead atoms. The van der Waals surface area contributed by atoms with Crippen LogP contribution in [0.25, 0.3) is 11.0 Å². The van der Waals surface area contributed by atoms with Crippen LogP contribution >= 0.6 is 0 Å². The summed E-state index contributed by atoms with van der Waals surface area (Å²) in [5, 5.41) is 9.71. The van der Waals surface area contributed by atoms with Crippen molar-refractivity contribution in [2.45, 2.75) is 18.2 Å². The molecule has 128 valence electrons. The van der Waals surface area contributed by atoms with Gasteiger partial charge in [-0.2, -0.15) is 4.31 Å². The molecule has 3 rings (SSSR count). The fraction of sp³-hybridized carbons (Fsp3) is 0.375. The van der Waals surface area contributed by atoms with Gasteiger partial charge in [0.05, 0.1) is 10.8 Å². The maximum Gasteiger partial charge on any atom is 0.336 e. The highest BCUT2D eigenvalue weighted by Gasteiger charge is 2.36. The molecule has 0 radical (unpaired) electrons. The standard InChI is InChI=1S/C16H17NO6S/c1-10-6-12(16(19)20)9-17(8-10)24(21,22)13-3-4-14-11(7-13)2-5-15(18)23-14/h2-5,7,10,12H,6,8-9H2,1H3,(H,19,20). The zero-order valence-corrected chi connectivity index (χ0v) is 13.8.